The molecular formula is C15H22N2O3. The van der Waals surface area contributed by atoms with Crippen LogP contribution in [-0.4, -0.2) is 23.3 Å². The summed E-state index contributed by atoms with van der Waals surface area (Å²) in [7, 11) is 0. The summed E-state index contributed by atoms with van der Waals surface area (Å²) in [5, 5.41) is 12.4. The molecule has 0 bridgehead atoms. The van der Waals surface area contributed by atoms with E-state index in [1.54, 1.807) is 18.2 Å². The molecule has 5 nitrogen and oxygen atoms in total. The molecule has 1 aliphatic carbocycles. The van der Waals surface area contributed by atoms with Crippen LogP contribution in [0.1, 0.15) is 38.7 Å². The Labute approximate surface area is 119 Å². The number of phenolic OH excluding ortho intramolecular Hbond substituents is 1. The number of carbonyl (C=O) groups is 1. The monoisotopic (exact) mass is 278 g/mol. The summed E-state index contributed by atoms with van der Waals surface area (Å²) in [4.78, 5) is 11.8. The Morgan fingerprint density at radius 2 is 2.20 bits per heavy atom. The molecule has 1 saturated carbocycles. The fourth-order valence-electron chi connectivity index (χ4n) is 2.27. The van der Waals surface area contributed by atoms with E-state index in [4.69, 9.17) is 10.5 Å². The van der Waals surface area contributed by atoms with E-state index in [1.807, 2.05) is 20.8 Å². The first-order chi connectivity index (χ1) is 9.30. The highest BCUT2D eigenvalue weighted by atomic mass is 16.6. The fourth-order valence-corrected chi connectivity index (χ4v) is 2.27. The average Bonchev–Trinajstić information content (AvgIpc) is 3.08. The molecule has 0 spiro atoms. The van der Waals surface area contributed by atoms with Gasteiger partial charge in [-0.2, -0.15) is 0 Å². The number of nitrogens with one attached hydrogen (secondary N) is 1. The number of amides is 1. The zero-order chi connectivity index (χ0) is 14.9. The Bertz CT molecular complexity index is 508. The van der Waals surface area contributed by atoms with Gasteiger partial charge in [-0.25, -0.2) is 4.79 Å². The van der Waals surface area contributed by atoms with Crippen molar-refractivity contribution in [1.82, 2.24) is 0 Å². The lowest BCUT2D eigenvalue weighted by molar-refractivity contribution is 0.0635. The van der Waals surface area contributed by atoms with Crippen LogP contribution >= 0.6 is 0 Å². The second-order valence-corrected chi connectivity index (χ2v) is 6.24. The molecule has 1 aromatic rings. The summed E-state index contributed by atoms with van der Waals surface area (Å²) >= 11 is 0. The van der Waals surface area contributed by atoms with Crippen LogP contribution in [0.5, 0.6) is 5.75 Å². The molecule has 0 aliphatic heterocycles. The smallest absolute Gasteiger partial charge is 0.412 e. The molecule has 1 fully saturated rings. The van der Waals surface area contributed by atoms with Crippen molar-refractivity contribution in [2.45, 2.75) is 38.7 Å². The first-order valence-electron chi connectivity index (χ1n) is 6.83. The standard InChI is InChI=1S/C15H22N2O3/c1-15(2,3)20-14(19)17-13-5-4-10(18)7-12(13)11-6-9(11)8-16/h4-5,7,9,11,18H,6,8,16H2,1-3H3,(H,17,19). The minimum atomic E-state index is -0.541. The van der Waals surface area contributed by atoms with E-state index < -0.39 is 11.7 Å². The van der Waals surface area contributed by atoms with Crippen LogP contribution in [0.15, 0.2) is 18.2 Å². The van der Waals surface area contributed by atoms with Crippen molar-refractivity contribution in [3.05, 3.63) is 23.8 Å². The molecule has 20 heavy (non-hydrogen) atoms. The van der Waals surface area contributed by atoms with Gasteiger partial charge in [0.1, 0.15) is 11.4 Å². The van der Waals surface area contributed by atoms with Gasteiger partial charge < -0.3 is 15.6 Å². The van der Waals surface area contributed by atoms with Crippen LogP contribution in [-0.2, 0) is 4.74 Å². The average molecular weight is 278 g/mol. The zero-order valence-electron chi connectivity index (χ0n) is 12.1. The van der Waals surface area contributed by atoms with Crippen molar-refractivity contribution in [3.63, 3.8) is 0 Å². The Hall–Kier alpha value is -1.75. The number of ether oxygens (including phenoxy) is 1. The van der Waals surface area contributed by atoms with Gasteiger partial charge in [-0.1, -0.05) is 0 Å². The second kappa shape index (κ2) is 5.32. The Balaban J connectivity index is 2.13. The van der Waals surface area contributed by atoms with E-state index in [0.29, 0.717) is 24.1 Å². The van der Waals surface area contributed by atoms with Crippen LogP contribution in [0, 0.1) is 5.92 Å². The lowest BCUT2D eigenvalue weighted by Gasteiger charge is -2.20. The molecular weight excluding hydrogens is 256 g/mol. The number of aromatic hydroxyl groups is 1. The number of hydrogen-bond acceptors (Lipinski definition) is 4. The second-order valence-electron chi connectivity index (χ2n) is 6.24. The van der Waals surface area contributed by atoms with Crippen molar-refractivity contribution in [2.24, 2.45) is 11.7 Å². The number of phenols is 1. The van der Waals surface area contributed by atoms with Crippen molar-refractivity contribution < 1.29 is 14.6 Å². The summed E-state index contributed by atoms with van der Waals surface area (Å²) in [6, 6.07) is 4.93. The number of hydrogen-bond donors (Lipinski definition) is 3. The molecule has 0 heterocycles. The highest BCUT2D eigenvalue weighted by Gasteiger charge is 2.38. The van der Waals surface area contributed by atoms with Crippen molar-refractivity contribution in [1.29, 1.82) is 0 Å². The maximum Gasteiger partial charge on any atom is 0.412 e. The predicted octanol–water partition coefficient (Wildman–Crippen LogP) is 2.80. The molecule has 2 unspecified atom stereocenters. The normalized spacial score (nSPS) is 21.4. The minimum absolute atomic E-state index is 0.192. The molecule has 1 amide bonds. The predicted molar refractivity (Wildman–Crippen MR) is 77.9 cm³/mol. The number of anilines is 1. The lowest BCUT2D eigenvalue weighted by atomic mass is 10.1. The largest absolute Gasteiger partial charge is 0.508 e. The maximum atomic E-state index is 11.8. The third-order valence-electron chi connectivity index (χ3n) is 3.30. The van der Waals surface area contributed by atoms with E-state index in [-0.39, 0.29) is 5.75 Å². The number of benzene rings is 1. The van der Waals surface area contributed by atoms with Gasteiger partial charge in [-0.3, -0.25) is 5.32 Å². The Morgan fingerprint density at radius 1 is 1.50 bits per heavy atom. The van der Waals surface area contributed by atoms with Crippen molar-refractivity contribution in [2.75, 3.05) is 11.9 Å². The van der Waals surface area contributed by atoms with Gasteiger partial charge in [0, 0.05) is 5.69 Å². The fraction of sp³-hybridized carbons (Fsp3) is 0.533. The summed E-state index contributed by atoms with van der Waals surface area (Å²) in [6.45, 7) is 6.06. The topological polar surface area (TPSA) is 84.6 Å². The van der Waals surface area contributed by atoms with E-state index in [1.165, 1.54) is 0 Å². The van der Waals surface area contributed by atoms with Gasteiger partial charge in [0.25, 0.3) is 0 Å². The Morgan fingerprint density at radius 3 is 2.75 bits per heavy atom. The molecule has 1 aromatic carbocycles. The highest BCUT2D eigenvalue weighted by Crippen LogP contribution is 2.49. The van der Waals surface area contributed by atoms with Crippen LogP contribution in [0.4, 0.5) is 10.5 Å². The summed E-state index contributed by atoms with van der Waals surface area (Å²) in [5.41, 5.74) is 6.72. The molecule has 2 rings (SSSR count). The van der Waals surface area contributed by atoms with E-state index in [0.717, 1.165) is 12.0 Å². The lowest BCUT2D eigenvalue weighted by Crippen LogP contribution is -2.27. The van der Waals surface area contributed by atoms with Crippen molar-refractivity contribution >= 4 is 11.8 Å². The summed E-state index contributed by atoms with van der Waals surface area (Å²) < 4.78 is 5.24. The van der Waals surface area contributed by atoms with Crippen LogP contribution < -0.4 is 11.1 Å². The molecule has 110 valence electrons. The van der Waals surface area contributed by atoms with Gasteiger partial charge in [-0.15, -0.1) is 0 Å². The molecule has 4 N–H and O–H groups in total. The quantitative estimate of drug-likeness (QED) is 0.742. The van der Waals surface area contributed by atoms with Gasteiger partial charge in [0.05, 0.1) is 0 Å². The van der Waals surface area contributed by atoms with Crippen LogP contribution in [0.3, 0.4) is 0 Å². The van der Waals surface area contributed by atoms with Gasteiger partial charge >= 0.3 is 6.09 Å². The summed E-state index contributed by atoms with van der Waals surface area (Å²) in [5.74, 6) is 0.922. The summed E-state index contributed by atoms with van der Waals surface area (Å²) in [6.07, 6.45) is 0.498. The Kier molecular flexibility index (Phi) is 3.90. The number of nitrogens with two attached hydrogens (primary N) is 1. The van der Waals surface area contributed by atoms with Gasteiger partial charge in [0.15, 0.2) is 0 Å². The maximum absolute atomic E-state index is 11.8. The molecule has 0 saturated heterocycles. The minimum Gasteiger partial charge on any atom is -0.508 e. The van der Waals surface area contributed by atoms with Crippen LogP contribution in [0.2, 0.25) is 0 Å². The molecule has 1 aliphatic rings. The number of carbonyl (C=O) groups excluding carboxylic acids is 1. The SMILES string of the molecule is CC(C)(C)OC(=O)Nc1ccc(O)cc1C1CC1CN. The first kappa shape index (κ1) is 14.7. The van der Waals surface area contributed by atoms with Gasteiger partial charge in [-0.05, 0) is 69.3 Å². The molecule has 5 heteroatoms. The third kappa shape index (κ3) is 3.63. The van der Waals surface area contributed by atoms with E-state index >= 15 is 0 Å². The molecule has 0 aromatic heterocycles. The molecule has 2 atom stereocenters. The first-order valence-corrected chi connectivity index (χ1v) is 6.83. The van der Waals surface area contributed by atoms with Gasteiger partial charge in [0.2, 0.25) is 0 Å². The van der Waals surface area contributed by atoms with Crippen molar-refractivity contribution in [3.8, 4) is 5.75 Å². The third-order valence-corrected chi connectivity index (χ3v) is 3.30. The van der Waals surface area contributed by atoms with E-state index in [2.05, 4.69) is 5.32 Å². The highest BCUT2D eigenvalue weighted by molar-refractivity contribution is 5.86. The van der Waals surface area contributed by atoms with Crippen LogP contribution in [0.25, 0.3) is 0 Å². The zero-order valence-corrected chi connectivity index (χ0v) is 12.1. The molecule has 0 radical (unpaired) electrons. The number of rotatable bonds is 3. The van der Waals surface area contributed by atoms with E-state index in [9.17, 15) is 9.90 Å².